The van der Waals surface area contributed by atoms with Gasteiger partial charge in [0.1, 0.15) is 0 Å². The minimum absolute atomic E-state index is 0.484. The summed E-state index contributed by atoms with van der Waals surface area (Å²) in [4.78, 5) is 12.0. The van der Waals surface area contributed by atoms with E-state index >= 15 is 0 Å². The molecule has 11 heteroatoms. The zero-order valence-corrected chi connectivity index (χ0v) is 10.2. The first-order chi connectivity index (χ1) is 8.11. The summed E-state index contributed by atoms with van der Waals surface area (Å²) in [6.45, 7) is 0. The normalized spacial score (nSPS) is 11.7. The van der Waals surface area contributed by atoms with Crippen molar-refractivity contribution in [3.63, 3.8) is 0 Å². The van der Waals surface area contributed by atoms with Gasteiger partial charge in [0, 0.05) is 6.07 Å². The van der Waals surface area contributed by atoms with Gasteiger partial charge >= 0.3 is 18.6 Å². The molecule has 1 heterocycles. The number of hydrogen-bond acceptors (Lipinski definition) is 4. The average Bonchev–Trinajstić information content (AvgIpc) is 2.18. The largest absolute Gasteiger partial charge is 0.573 e. The van der Waals surface area contributed by atoms with Crippen LogP contribution in [0.3, 0.4) is 0 Å². The van der Waals surface area contributed by atoms with E-state index in [4.69, 9.17) is 0 Å². The molecule has 0 bridgehead atoms. The number of nitrogens with zero attached hydrogens (tertiary/aromatic N) is 2. The number of hydrogen-bond donors (Lipinski definition) is 0. The lowest BCUT2D eigenvalue weighted by Gasteiger charge is -2.10. The topological polar surface area (TPSA) is 65.3 Å². The molecule has 0 amide bonds. The number of rotatable bonds is 3. The first-order valence-electron chi connectivity index (χ1n) is 4.00. The third-order valence-corrected chi connectivity index (χ3v) is 2.35. The molecule has 0 aliphatic rings. The lowest BCUT2D eigenvalue weighted by atomic mass is 10.3. The van der Waals surface area contributed by atoms with Crippen LogP contribution in [0.15, 0.2) is 6.07 Å². The Labute approximate surface area is 109 Å². The molecule has 0 spiro atoms. The van der Waals surface area contributed by atoms with Gasteiger partial charge in [-0.1, -0.05) is 0 Å². The number of pyridine rings is 1. The Kier molecular flexibility index (Phi) is 4.24. The second-order valence-electron chi connectivity index (χ2n) is 2.79. The molecule has 0 atom stereocenters. The highest BCUT2D eigenvalue weighted by atomic mass is 127. The minimum Gasteiger partial charge on any atom is -0.395 e. The van der Waals surface area contributed by atoms with Gasteiger partial charge in [0.25, 0.3) is 0 Å². The van der Waals surface area contributed by atoms with E-state index in [1.807, 2.05) is 0 Å². The maximum absolute atomic E-state index is 12.3. The predicted molar refractivity (Wildman–Crippen MR) is 55.2 cm³/mol. The lowest BCUT2D eigenvalue weighted by molar-refractivity contribution is -0.393. The van der Waals surface area contributed by atoms with E-state index in [2.05, 4.69) is 9.72 Å². The zero-order valence-electron chi connectivity index (χ0n) is 8.04. The molecule has 0 N–H and O–H groups in total. The fourth-order valence-electron chi connectivity index (χ4n) is 0.953. The van der Waals surface area contributed by atoms with Gasteiger partial charge in [0.15, 0.2) is 0 Å². The number of aromatic nitrogens is 1. The van der Waals surface area contributed by atoms with Gasteiger partial charge < -0.3 is 14.9 Å². The quantitative estimate of drug-likeness (QED) is 0.347. The van der Waals surface area contributed by atoms with Crippen LogP contribution in [0, 0.1) is 13.7 Å². The highest BCUT2D eigenvalue weighted by Gasteiger charge is 2.37. The molecule has 0 fully saturated rings. The van der Waals surface area contributed by atoms with Crippen LogP contribution in [0.2, 0.25) is 0 Å². The van der Waals surface area contributed by atoms with Crippen molar-refractivity contribution in [2.75, 3.05) is 0 Å². The van der Waals surface area contributed by atoms with E-state index in [-0.39, 0.29) is 0 Å². The summed E-state index contributed by atoms with van der Waals surface area (Å²) >= 11 is 1.22. The van der Waals surface area contributed by atoms with Crippen molar-refractivity contribution in [3.05, 3.63) is 25.4 Å². The van der Waals surface area contributed by atoms with Gasteiger partial charge in [-0.25, -0.2) is 8.78 Å². The molecular formula is C7H2F5IN2O3. The summed E-state index contributed by atoms with van der Waals surface area (Å²) < 4.78 is 63.5. The zero-order chi connectivity index (χ0) is 14.1. The number of nitro groups is 1. The molecule has 1 rings (SSSR count). The first-order valence-corrected chi connectivity index (χ1v) is 5.08. The van der Waals surface area contributed by atoms with Gasteiger partial charge in [-0.05, 0) is 32.5 Å². The summed E-state index contributed by atoms with van der Waals surface area (Å²) in [5.74, 6) is -2.62. The van der Waals surface area contributed by atoms with Crippen LogP contribution in [0.25, 0.3) is 0 Å². The highest BCUT2D eigenvalue weighted by molar-refractivity contribution is 14.1. The van der Waals surface area contributed by atoms with Crippen LogP contribution in [0.1, 0.15) is 12.1 Å². The van der Waals surface area contributed by atoms with Gasteiger partial charge in [-0.3, -0.25) is 0 Å². The van der Waals surface area contributed by atoms with Crippen LogP contribution in [-0.2, 0) is 0 Å². The average molecular weight is 384 g/mol. The Morgan fingerprint density at radius 3 is 2.39 bits per heavy atom. The van der Waals surface area contributed by atoms with Crippen LogP contribution in [0.5, 0.6) is 5.75 Å². The Morgan fingerprint density at radius 2 is 2.00 bits per heavy atom. The monoisotopic (exact) mass is 384 g/mol. The lowest BCUT2D eigenvalue weighted by Crippen LogP contribution is -2.19. The SMILES string of the molecule is O=[N+]([O-])c1nc(C(F)F)cc(I)c1OC(F)(F)F. The van der Waals surface area contributed by atoms with E-state index in [0.29, 0.717) is 6.07 Å². The molecule has 5 nitrogen and oxygen atoms in total. The molecule has 100 valence electrons. The number of alkyl halides is 5. The smallest absolute Gasteiger partial charge is 0.395 e. The third kappa shape index (κ3) is 3.61. The van der Waals surface area contributed by atoms with Gasteiger partial charge in [-0.2, -0.15) is 0 Å². The van der Waals surface area contributed by atoms with Crippen LogP contribution < -0.4 is 4.74 Å². The maximum Gasteiger partial charge on any atom is 0.573 e. The molecule has 18 heavy (non-hydrogen) atoms. The summed E-state index contributed by atoms with van der Waals surface area (Å²) in [7, 11) is 0. The summed E-state index contributed by atoms with van der Waals surface area (Å²) in [6.07, 6.45) is -8.32. The van der Waals surface area contributed by atoms with Crippen molar-refractivity contribution < 1.29 is 31.6 Å². The van der Waals surface area contributed by atoms with E-state index in [0.717, 1.165) is 0 Å². The molecule has 0 saturated carbocycles. The maximum atomic E-state index is 12.3. The molecule has 0 radical (unpaired) electrons. The van der Waals surface area contributed by atoms with Crippen molar-refractivity contribution in [2.45, 2.75) is 12.8 Å². The Hall–Kier alpha value is -1.27. The van der Waals surface area contributed by atoms with Crippen LogP contribution >= 0.6 is 22.6 Å². The summed E-state index contributed by atoms with van der Waals surface area (Å²) in [5.41, 5.74) is -0.999. The van der Waals surface area contributed by atoms with E-state index in [1.54, 1.807) is 0 Å². The Morgan fingerprint density at radius 1 is 1.44 bits per heavy atom. The fourth-order valence-corrected chi connectivity index (χ4v) is 1.62. The van der Waals surface area contributed by atoms with Crippen molar-refractivity contribution >= 4 is 28.4 Å². The molecule has 0 unspecified atom stereocenters. The van der Waals surface area contributed by atoms with Gasteiger partial charge in [-0.15, -0.1) is 13.2 Å². The van der Waals surface area contributed by atoms with Crippen LogP contribution in [0.4, 0.5) is 27.8 Å². The molecule has 1 aromatic rings. The Bertz CT molecular complexity index is 479. The molecule has 0 saturated heterocycles. The van der Waals surface area contributed by atoms with Crippen molar-refractivity contribution in [3.8, 4) is 5.75 Å². The van der Waals surface area contributed by atoms with Crippen molar-refractivity contribution in [1.82, 2.24) is 4.98 Å². The van der Waals surface area contributed by atoms with Crippen LogP contribution in [-0.4, -0.2) is 16.3 Å². The van der Waals surface area contributed by atoms with E-state index < -0.39 is 38.5 Å². The summed E-state index contributed by atoms with van der Waals surface area (Å²) in [5, 5.41) is 10.5. The van der Waals surface area contributed by atoms with Gasteiger partial charge in [0.05, 0.1) is 3.57 Å². The minimum atomic E-state index is -5.18. The standard InChI is InChI=1S/C7H2F5IN2O3/c8-5(9)3-1-2(13)4(18-7(10,11)12)6(14-3)15(16)17/h1,5H. The molecule has 0 aliphatic carbocycles. The highest BCUT2D eigenvalue weighted by Crippen LogP contribution is 2.36. The fraction of sp³-hybridized carbons (Fsp3) is 0.286. The van der Waals surface area contributed by atoms with E-state index in [1.165, 1.54) is 22.6 Å². The third-order valence-electron chi connectivity index (χ3n) is 1.54. The summed E-state index contributed by atoms with van der Waals surface area (Å²) in [6, 6.07) is 0.583. The number of ether oxygens (including phenoxy) is 1. The Balaban J connectivity index is 3.37. The molecule has 0 aromatic carbocycles. The van der Waals surface area contributed by atoms with Crippen molar-refractivity contribution in [2.24, 2.45) is 0 Å². The van der Waals surface area contributed by atoms with Gasteiger partial charge in [0.2, 0.25) is 11.4 Å². The van der Waals surface area contributed by atoms with Crippen molar-refractivity contribution in [1.29, 1.82) is 0 Å². The molecule has 0 aliphatic heterocycles. The predicted octanol–water partition coefficient (Wildman–Crippen LogP) is 3.43. The second kappa shape index (κ2) is 5.16. The second-order valence-corrected chi connectivity index (χ2v) is 3.95. The molecular weight excluding hydrogens is 382 g/mol. The number of halogens is 6. The van der Waals surface area contributed by atoms with E-state index in [9.17, 15) is 32.1 Å². The first kappa shape index (κ1) is 14.8. The molecule has 1 aromatic heterocycles.